The van der Waals surface area contributed by atoms with E-state index >= 15 is 0 Å². The van der Waals surface area contributed by atoms with E-state index in [1.807, 2.05) is 13.0 Å². The molecule has 0 fully saturated rings. The topological polar surface area (TPSA) is 26.3 Å². The highest BCUT2D eigenvalue weighted by Crippen LogP contribution is 2.18. The molecule has 0 heterocycles. The van der Waals surface area contributed by atoms with Crippen LogP contribution in [0.15, 0.2) is 48.5 Å². The van der Waals surface area contributed by atoms with Gasteiger partial charge < -0.3 is 4.74 Å². The first-order chi connectivity index (χ1) is 8.66. The Bertz CT molecular complexity index is 550. The lowest BCUT2D eigenvalue weighted by Crippen LogP contribution is -2.12. The van der Waals surface area contributed by atoms with Crippen LogP contribution in [-0.2, 0) is 0 Å². The van der Waals surface area contributed by atoms with E-state index in [9.17, 15) is 9.18 Å². The van der Waals surface area contributed by atoms with Crippen molar-refractivity contribution in [1.82, 2.24) is 0 Å². The number of halogens is 1. The zero-order valence-electron chi connectivity index (χ0n) is 10.0. The zero-order valence-corrected chi connectivity index (χ0v) is 10.0. The molecule has 3 heteroatoms. The van der Waals surface area contributed by atoms with Gasteiger partial charge in [0.2, 0.25) is 0 Å². The Hall–Kier alpha value is -2.16. The van der Waals surface area contributed by atoms with Crippen molar-refractivity contribution in [3.8, 4) is 5.75 Å². The molecule has 0 aliphatic rings. The van der Waals surface area contributed by atoms with Gasteiger partial charge in [-0.25, -0.2) is 4.39 Å². The molecule has 0 atom stereocenters. The number of aryl methyl sites for hydroxylation is 1. The molecular weight excluding hydrogens is 231 g/mol. The van der Waals surface area contributed by atoms with Crippen LogP contribution in [0, 0.1) is 12.7 Å². The second-order valence-corrected chi connectivity index (χ2v) is 4.01. The number of benzene rings is 2. The van der Waals surface area contributed by atoms with Crippen LogP contribution in [0.1, 0.15) is 15.9 Å². The van der Waals surface area contributed by atoms with Gasteiger partial charge in [-0.05, 0) is 24.6 Å². The Balaban J connectivity index is 2.04. The van der Waals surface area contributed by atoms with Crippen LogP contribution in [0.4, 0.5) is 4.39 Å². The molecule has 0 radical (unpaired) electrons. The van der Waals surface area contributed by atoms with E-state index in [2.05, 4.69) is 0 Å². The number of hydrogen-bond donors (Lipinski definition) is 0. The second kappa shape index (κ2) is 5.45. The van der Waals surface area contributed by atoms with E-state index in [4.69, 9.17) is 4.74 Å². The molecule has 2 rings (SSSR count). The second-order valence-electron chi connectivity index (χ2n) is 4.01. The van der Waals surface area contributed by atoms with Crippen molar-refractivity contribution < 1.29 is 13.9 Å². The average molecular weight is 244 g/mol. The number of ether oxygens (including phenoxy) is 1. The molecule has 0 spiro atoms. The van der Waals surface area contributed by atoms with E-state index in [0.717, 1.165) is 5.56 Å². The summed E-state index contributed by atoms with van der Waals surface area (Å²) in [6.07, 6.45) is 0. The van der Waals surface area contributed by atoms with Crippen molar-refractivity contribution in [3.63, 3.8) is 0 Å². The summed E-state index contributed by atoms with van der Waals surface area (Å²) >= 11 is 0. The van der Waals surface area contributed by atoms with Gasteiger partial charge in [-0.2, -0.15) is 0 Å². The third-order valence-electron chi connectivity index (χ3n) is 2.54. The summed E-state index contributed by atoms with van der Waals surface area (Å²) in [7, 11) is 0. The number of carbonyl (C=O) groups is 1. The number of carbonyl (C=O) groups excluding carboxylic acids is 1. The van der Waals surface area contributed by atoms with Crippen molar-refractivity contribution in [2.45, 2.75) is 6.92 Å². The summed E-state index contributed by atoms with van der Waals surface area (Å²) in [5.74, 6) is -0.516. The summed E-state index contributed by atoms with van der Waals surface area (Å²) in [6.45, 7) is 1.68. The van der Waals surface area contributed by atoms with E-state index in [1.165, 1.54) is 6.07 Å². The number of ketones is 1. The predicted molar refractivity (Wildman–Crippen MR) is 67.4 cm³/mol. The molecule has 0 unspecified atom stereocenters. The van der Waals surface area contributed by atoms with Crippen molar-refractivity contribution in [3.05, 3.63) is 65.5 Å². The summed E-state index contributed by atoms with van der Waals surface area (Å²) in [5.41, 5.74) is 1.45. The van der Waals surface area contributed by atoms with Crippen LogP contribution in [-0.4, -0.2) is 12.4 Å². The lowest BCUT2D eigenvalue weighted by molar-refractivity contribution is 0.0918. The Morgan fingerprint density at radius 3 is 2.61 bits per heavy atom. The molecule has 0 saturated carbocycles. The molecule has 0 aliphatic carbocycles. The van der Waals surface area contributed by atoms with Crippen molar-refractivity contribution >= 4 is 5.78 Å². The first kappa shape index (κ1) is 12.3. The van der Waals surface area contributed by atoms with E-state index < -0.39 is 5.82 Å². The van der Waals surface area contributed by atoms with Gasteiger partial charge in [0.05, 0.1) is 0 Å². The summed E-state index contributed by atoms with van der Waals surface area (Å²) in [6, 6.07) is 13.4. The largest absolute Gasteiger partial charge is 0.482 e. The molecule has 0 saturated heterocycles. The van der Waals surface area contributed by atoms with Gasteiger partial charge in [0.15, 0.2) is 24.0 Å². The number of rotatable bonds is 4. The molecule has 92 valence electrons. The lowest BCUT2D eigenvalue weighted by Gasteiger charge is -2.07. The standard InChI is InChI=1S/C15H13FO2/c1-11-7-8-13(16)15(9-11)18-10-14(17)12-5-3-2-4-6-12/h2-9H,10H2,1H3. The van der Waals surface area contributed by atoms with Gasteiger partial charge in [0, 0.05) is 5.56 Å². The molecule has 2 aromatic carbocycles. The minimum atomic E-state index is -0.457. The van der Waals surface area contributed by atoms with Gasteiger partial charge in [-0.1, -0.05) is 36.4 Å². The Labute approximate surface area is 105 Å². The van der Waals surface area contributed by atoms with Crippen LogP contribution >= 0.6 is 0 Å². The van der Waals surface area contributed by atoms with Crippen molar-refractivity contribution in [1.29, 1.82) is 0 Å². The molecule has 0 aliphatic heterocycles. The highest BCUT2D eigenvalue weighted by Gasteiger charge is 2.08. The molecule has 2 nitrogen and oxygen atoms in total. The highest BCUT2D eigenvalue weighted by atomic mass is 19.1. The quantitative estimate of drug-likeness (QED) is 0.770. The maximum atomic E-state index is 13.4. The summed E-state index contributed by atoms with van der Waals surface area (Å²) in [4.78, 5) is 11.8. The van der Waals surface area contributed by atoms with Gasteiger partial charge >= 0.3 is 0 Å². The minimum Gasteiger partial charge on any atom is -0.482 e. The SMILES string of the molecule is Cc1ccc(F)c(OCC(=O)c2ccccc2)c1. The van der Waals surface area contributed by atoms with Crippen LogP contribution in [0.25, 0.3) is 0 Å². The van der Waals surface area contributed by atoms with Crippen LogP contribution in [0.5, 0.6) is 5.75 Å². The lowest BCUT2D eigenvalue weighted by atomic mass is 10.1. The maximum Gasteiger partial charge on any atom is 0.200 e. The predicted octanol–water partition coefficient (Wildman–Crippen LogP) is 3.40. The highest BCUT2D eigenvalue weighted by molar-refractivity contribution is 5.97. The molecule has 18 heavy (non-hydrogen) atoms. The van der Waals surface area contributed by atoms with Gasteiger partial charge in [-0.15, -0.1) is 0 Å². The van der Waals surface area contributed by atoms with Gasteiger partial charge in [0.25, 0.3) is 0 Å². The molecule has 0 amide bonds. The Morgan fingerprint density at radius 2 is 1.89 bits per heavy atom. The van der Waals surface area contributed by atoms with E-state index in [1.54, 1.807) is 36.4 Å². The molecular formula is C15H13FO2. The zero-order chi connectivity index (χ0) is 13.0. The molecule has 0 bridgehead atoms. The minimum absolute atomic E-state index is 0.110. The van der Waals surface area contributed by atoms with Crippen molar-refractivity contribution in [2.75, 3.05) is 6.61 Å². The fourth-order valence-electron chi connectivity index (χ4n) is 1.57. The van der Waals surface area contributed by atoms with Gasteiger partial charge in [0.1, 0.15) is 0 Å². The smallest absolute Gasteiger partial charge is 0.200 e. The van der Waals surface area contributed by atoms with Crippen LogP contribution in [0.2, 0.25) is 0 Å². The fraction of sp³-hybridized carbons (Fsp3) is 0.133. The maximum absolute atomic E-state index is 13.4. The third kappa shape index (κ3) is 2.94. The molecule has 0 N–H and O–H groups in total. The first-order valence-electron chi connectivity index (χ1n) is 5.64. The van der Waals surface area contributed by atoms with Crippen molar-refractivity contribution in [2.24, 2.45) is 0 Å². The third-order valence-corrected chi connectivity index (χ3v) is 2.54. The van der Waals surface area contributed by atoms with E-state index in [0.29, 0.717) is 5.56 Å². The Morgan fingerprint density at radius 1 is 1.17 bits per heavy atom. The van der Waals surface area contributed by atoms with Crippen LogP contribution < -0.4 is 4.74 Å². The molecule has 0 aromatic heterocycles. The summed E-state index contributed by atoms with van der Waals surface area (Å²) < 4.78 is 18.6. The first-order valence-corrected chi connectivity index (χ1v) is 5.64. The molecule has 2 aromatic rings. The van der Waals surface area contributed by atoms with E-state index in [-0.39, 0.29) is 18.1 Å². The number of hydrogen-bond acceptors (Lipinski definition) is 2. The Kier molecular flexibility index (Phi) is 3.72. The fourth-order valence-corrected chi connectivity index (χ4v) is 1.57. The van der Waals surface area contributed by atoms with Crippen LogP contribution in [0.3, 0.4) is 0 Å². The monoisotopic (exact) mass is 244 g/mol. The summed E-state index contributed by atoms with van der Waals surface area (Å²) in [5, 5.41) is 0. The number of Topliss-reactive ketones (excluding diaryl/α,β-unsaturated/α-hetero) is 1. The van der Waals surface area contributed by atoms with Gasteiger partial charge in [-0.3, -0.25) is 4.79 Å². The average Bonchev–Trinajstić information content (AvgIpc) is 2.40. The normalized spacial score (nSPS) is 10.1.